The van der Waals surface area contributed by atoms with Crippen molar-refractivity contribution in [2.45, 2.75) is 18.9 Å². The molecule has 0 saturated carbocycles. The molecule has 4 heterocycles. The van der Waals surface area contributed by atoms with E-state index in [1.54, 1.807) is 27.7 Å². The second kappa shape index (κ2) is 8.50. The van der Waals surface area contributed by atoms with Gasteiger partial charge < -0.3 is 20.1 Å². The van der Waals surface area contributed by atoms with Gasteiger partial charge in [-0.1, -0.05) is 0 Å². The first-order chi connectivity index (χ1) is 16.0. The number of piperidine rings is 1. The number of amides is 3. The van der Waals surface area contributed by atoms with Crippen molar-refractivity contribution in [2.75, 3.05) is 23.7 Å². The second-order valence-corrected chi connectivity index (χ2v) is 8.42. The van der Waals surface area contributed by atoms with Gasteiger partial charge in [-0.25, -0.2) is 9.18 Å². The van der Waals surface area contributed by atoms with Crippen molar-refractivity contribution in [3.05, 3.63) is 88.4 Å². The molecule has 3 aromatic rings. The van der Waals surface area contributed by atoms with Crippen LogP contribution in [0.3, 0.4) is 0 Å². The summed E-state index contributed by atoms with van der Waals surface area (Å²) in [4.78, 5) is 44.0. The number of carbonyl (C=O) groups excluding carboxylic acids is 2. The fourth-order valence-electron chi connectivity index (χ4n) is 4.64. The molecular weight excluding hydrogens is 425 g/mol. The Labute approximate surface area is 189 Å². The molecule has 2 aliphatic heterocycles. The number of anilines is 2. The monoisotopic (exact) mass is 447 g/mol. The number of aromatic nitrogens is 2. The molecule has 2 N–H and O–H groups in total. The lowest BCUT2D eigenvalue weighted by molar-refractivity contribution is 0.102. The minimum Gasteiger partial charge on any atom is -0.324 e. The number of fused-ring (bicyclic) bond motifs is 4. The van der Waals surface area contributed by atoms with Crippen LogP contribution >= 0.6 is 0 Å². The Morgan fingerprint density at radius 2 is 1.70 bits per heavy atom. The molecule has 0 unspecified atom stereocenters. The summed E-state index contributed by atoms with van der Waals surface area (Å²) in [6.07, 6.45) is 3.93. The normalized spacial score (nSPS) is 18.9. The minimum atomic E-state index is -0.366. The Kier molecular flexibility index (Phi) is 5.37. The summed E-state index contributed by atoms with van der Waals surface area (Å²) >= 11 is 0. The number of hydrogen-bond donors (Lipinski definition) is 2. The molecule has 33 heavy (non-hydrogen) atoms. The van der Waals surface area contributed by atoms with E-state index in [4.69, 9.17) is 0 Å². The van der Waals surface area contributed by atoms with Crippen molar-refractivity contribution in [2.24, 2.45) is 5.92 Å². The first kappa shape index (κ1) is 20.9. The number of rotatable bonds is 3. The van der Waals surface area contributed by atoms with Crippen LogP contribution in [0.15, 0.2) is 65.7 Å². The highest BCUT2D eigenvalue weighted by molar-refractivity contribution is 6.04. The van der Waals surface area contributed by atoms with Gasteiger partial charge in [0.1, 0.15) is 11.5 Å². The molecule has 1 saturated heterocycles. The van der Waals surface area contributed by atoms with Crippen LogP contribution in [0.25, 0.3) is 0 Å². The number of pyridine rings is 2. The fraction of sp³-hybridized carbons (Fsp3) is 0.250. The third kappa shape index (κ3) is 4.21. The number of urea groups is 1. The van der Waals surface area contributed by atoms with Crippen molar-refractivity contribution >= 4 is 23.3 Å². The van der Waals surface area contributed by atoms with Gasteiger partial charge in [-0.2, -0.15) is 0 Å². The maximum Gasteiger partial charge on any atom is 0.321 e. The molecule has 0 aliphatic carbocycles. The maximum absolute atomic E-state index is 13.1. The predicted molar refractivity (Wildman–Crippen MR) is 121 cm³/mol. The van der Waals surface area contributed by atoms with E-state index in [0.29, 0.717) is 30.9 Å². The average Bonchev–Trinajstić information content (AvgIpc) is 2.83. The lowest BCUT2D eigenvalue weighted by Gasteiger charge is -2.42. The number of hydrogen-bond acceptors (Lipinski definition) is 4. The number of carbonyl (C=O) groups is 2. The summed E-state index contributed by atoms with van der Waals surface area (Å²) < 4.78 is 14.8. The number of halogens is 1. The molecule has 8 nitrogen and oxygen atoms in total. The smallest absolute Gasteiger partial charge is 0.321 e. The Bertz CT molecular complexity index is 1260. The van der Waals surface area contributed by atoms with Gasteiger partial charge in [0, 0.05) is 54.9 Å². The first-order valence-electron chi connectivity index (χ1n) is 10.7. The lowest BCUT2D eigenvalue weighted by atomic mass is 9.83. The predicted octanol–water partition coefficient (Wildman–Crippen LogP) is 3.29. The lowest BCUT2D eigenvalue weighted by Crippen LogP contribution is -2.50. The number of nitrogens with zero attached hydrogens (tertiary/aromatic N) is 3. The quantitative estimate of drug-likeness (QED) is 0.644. The highest BCUT2D eigenvalue weighted by Gasteiger charge is 2.36. The van der Waals surface area contributed by atoms with E-state index < -0.39 is 0 Å². The van der Waals surface area contributed by atoms with Gasteiger partial charge in [0.25, 0.3) is 11.5 Å². The van der Waals surface area contributed by atoms with Crippen molar-refractivity contribution < 1.29 is 14.0 Å². The van der Waals surface area contributed by atoms with Crippen LogP contribution in [0.1, 0.15) is 28.4 Å². The van der Waals surface area contributed by atoms with Gasteiger partial charge in [0.05, 0.1) is 0 Å². The molecule has 1 fully saturated rings. The van der Waals surface area contributed by atoms with Crippen molar-refractivity contribution in [3.63, 3.8) is 0 Å². The largest absolute Gasteiger partial charge is 0.324 e. The van der Waals surface area contributed by atoms with E-state index >= 15 is 0 Å². The summed E-state index contributed by atoms with van der Waals surface area (Å²) in [6.45, 7) is 1.47. The molecule has 2 aromatic heterocycles. The van der Waals surface area contributed by atoms with Crippen molar-refractivity contribution in [1.82, 2.24) is 14.5 Å². The SMILES string of the molecule is O=C(Nc1ccc2n(c1=O)C[C@@H]1C[C@@H]2CN(C(=O)Nc2ccc(F)cc2)C1)c1ccncc1. The summed E-state index contributed by atoms with van der Waals surface area (Å²) in [5.41, 5.74) is 1.80. The summed E-state index contributed by atoms with van der Waals surface area (Å²) in [5, 5.41) is 5.51. The van der Waals surface area contributed by atoms with E-state index in [2.05, 4.69) is 15.6 Å². The van der Waals surface area contributed by atoms with Gasteiger partial charge in [-0.15, -0.1) is 0 Å². The zero-order chi connectivity index (χ0) is 22.9. The Balaban J connectivity index is 1.32. The summed E-state index contributed by atoms with van der Waals surface area (Å²) in [6, 6.07) is 12.1. The van der Waals surface area contributed by atoms with Gasteiger partial charge >= 0.3 is 6.03 Å². The average molecular weight is 447 g/mol. The Morgan fingerprint density at radius 3 is 2.45 bits per heavy atom. The molecular formula is C24H22FN5O3. The molecule has 9 heteroatoms. The number of nitrogens with one attached hydrogen (secondary N) is 2. The molecule has 2 atom stereocenters. The van der Waals surface area contributed by atoms with E-state index in [1.807, 2.05) is 6.07 Å². The Hall–Kier alpha value is -4.01. The van der Waals surface area contributed by atoms with Gasteiger partial charge in [-0.05, 0) is 60.9 Å². The summed E-state index contributed by atoms with van der Waals surface area (Å²) in [7, 11) is 0. The number of likely N-dealkylation sites (tertiary alicyclic amines) is 1. The highest BCUT2D eigenvalue weighted by atomic mass is 19.1. The van der Waals surface area contributed by atoms with Crippen LogP contribution in [-0.4, -0.2) is 39.5 Å². The Morgan fingerprint density at radius 1 is 0.939 bits per heavy atom. The van der Waals surface area contributed by atoms with Gasteiger partial charge in [0.15, 0.2) is 0 Å². The molecule has 0 radical (unpaired) electrons. The van der Waals surface area contributed by atoms with Gasteiger partial charge in [0.2, 0.25) is 0 Å². The number of benzene rings is 1. The zero-order valence-electron chi connectivity index (χ0n) is 17.7. The van der Waals surface area contributed by atoms with E-state index in [9.17, 15) is 18.8 Å². The van der Waals surface area contributed by atoms with Crippen LogP contribution in [0, 0.1) is 11.7 Å². The van der Waals surface area contributed by atoms with Crippen LogP contribution in [0.2, 0.25) is 0 Å². The highest BCUT2D eigenvalue weighted by Crippen LogP contribution is 2.35. The van der Waals surface area contributed by atoms with Crippen LogP contribution < -0.4 is 16.2 Å². The first-order valence-corrected chi connectivity index (χ1v) is 10.7. The molecule has 0 spiro atoms. The zero-order valence-corrected chi connectivity index (χ0v) is 17.7. The molecule has 1 aromatic carbocycles. The van der Waals surface area contributed by atoms with Crippen LogP contribution in [-0.2, 0) is 6.54 Å². The molecule has 5 rings (SSSR count). The molecule has 168 valence electrons. The maximum atomic E-state index is 13.1. The molecule has 2 aliphatic rings. The summed E-state index contributed by atoms with van der Waals surface area (Å²) in [5.74, 6) is -0.582. The standard InChI is InChI=1S/C24H22FN5O3/c25-18-1-3-19(4-2-18)27-24(33)29-12-15-11-17(14-29)21-6-5-20(23(32)30(21)13-15)28-22(31)16-7-9-26-10-8-16/h1-10,15,17H,11-14H2,(H,27,33)(H,28,31)/t15-,17-/m1/s1. The van der Waals surface area contributed by atoms with Crippen LogP contribution in [0.4, 0.5) is 20.6 Å². The van der Waals surface area contributed by atoms with Gasteiger partial charge in [-0.3, -0.25) is 14.6 Å². The second-order valence-electron chi connectivity index (χ2n) is 8.42. The third-order valence-electron chi connectivity index (χ3n) is 6.18. The van der Waals surface area contributed by atoms with Crippen molar-refractivity contribution in [1.29, 1.82) is 0 Å². The molecule has 3 amide bonds. The molecule has 2 bridgehead atoms. The topological polar surface area (TPSA) is 96.3 Å². The fourth-order valence-corrected chi connectivity index (χ4v) is 4.64. The van der Waals surface area contributed by atoms with E-state index in [1.165, 1.54) is 36.7 Å². The van der Waals surface area contributed by atoms with Crippen molar-refractivity contribution in [3.8, 4) is 0 Å². The third-order valence-corrected chi connectivity index (χ3v) is 6.18. The van der Waals surface area contributed by atoms with E-state index in [-0.39, 0.29) is 40.8 Å². The van der Waals surface area contributed by atoms with Crippen LogP contribution in [0.5, 0.6) is 0 Å². The minimum absolute atomic E-state index is 0.0223. The van der Waals surface area contributed by atoms with E-state index in [0.717, 1.165) is 12.1 Å².